The maximum absolute atomic E-state index is 2.64. The molecule has 0 saturated heterocycles. The van der Waals surface area contributed by atoms with Crippen LogP contribution in [-0.4, -0.2) is 0 Å². The topological polar surface area (TPSA) is 0 Å². The van der Waals surface area contributed by atoms with Crippen molar-refractivity contribution in [1.29, 1.82) is 0 Å². The highest BCUT2D eigenvalue weighted by molar-refractivity contribution is 5.91. The molecule has 266 valence electrons. The summed E-state index contributed by atoms with van der Waals surface area (Å²) in [6, 6.07) is 35.2. The first-order valence-electron chi connectivity index (χ1n) is 20.5. The van der Waals surface area contributed by atoms with Gasteiger partial charge in [-0.3, -0.25) is 0 Å². The largest absolute Gasteiger partial charge is 0.0839 e. The van der Waals surface area contributed by atoms with E-state index in [0.717, 1.165) is 19.3 Å². The fourth-order valence-electron chi connectivity index (χ4n) is 10.8. The average Bonchev–Trinajstić information content (AvgIpc) is 3.60. The van der Waals surface area contributed by atoms with Crippen LogP contribution in [0.4, 0.5) is 0 Å². The quantitative estimate of drug-likeness (QED) is 0.199. The van der Waals surface area contributed by atoms with Gasteiger partial charge in [0.25, 0.3) is 0 Å². The zero-order chi connectivity index (χ0) is 36.2. The Morgan fingerprint density at radius 3 is 2.39 bits per heavy atom. The van der Waals surface area contributed by atoms with Crippen molar-refractivity contribution in [3.05, 3.63) is 213 Å². The summed E-state index contributed by atoms with van der Waals surface area (Å²) in [4.78, 5) is 0. The van der Waals surface area contributed by atoms with E-state index in [1.807, 2.05) is 0 Å². The highest BCUT2D eigenvalue weighted by Crippen LogP contribution is 2.57. The number of benzene rings is 4. The van der Waals surface area contributed by atoms with Gasteiger partial charge in [-0.25, -0.2) is 0 Å². The molecule has 0 heterocycles. The third-order valence-electron chi connectivity index (χ3n) is 13.6. The minimum absolute atomic E-state index is 0.0859. The Labute approximate surface area is 322 Å². The number of hydrogen-bond acceptors (Lipinski definition) is 0. The number of fused-ring (bicyclic) bond motifs is 6. The van der Waals surface area contributed by atoms with Crippen LogP contribution in [0, 0.1) is 11.8 Å². The fourth-order valence-corrected chi connectivity index (χ4v) is 10.8. The van der Waals surface area contributed by atoms with Crippen LogP contribution in [0.1, 0.15) is 103 Å². The Morgan fingerprint density at radius 2 is 1.50 bits per heavy atom. The van der Waals surface area contributed by atoms with Gasteiger partial charge in [-0.2, -0.15) is 0 Å². The lowest BCUT2D eigenvalue weighted by molar-refractivity contribution is 0.394. The number of rotatable bonds is 4. The number of aryl methyl sites for hydroxylation is 1. The van der Waals surface area contributed by atoms with Gasteiger partial charge in [-0.05, 0) is 128 Å². The summed E-state index contributed by atoms with van der Waals surface area (Å²) in [6.07, 6.45) is 35.7. The Hall–Kier alpha value is -5.20. The molecule has 0 fully saturated rings. The summed E-state index contributed by atoms with van der Waals surface area (Å²) in [5.74, 6) is 2.04. The number of allylic oxidation sites excluding steroid dienone is 15. The van der Waals surface area contributed by atoms with Crippen LogP contribution >= 0.6 is 0 Å². The summed E-state index contributed by atoms with van der Waals surface area (Å²) in [6.45, 7) is 4.95. The highest BCUT2D eigenvalue weighted by Gasteiger charge is 2.46. The van der Waals surface area contributed by atoms with E-state index in [0.29, 0.717) is 29.6 Å². The Bertz CT molecular complexity index is 2360. The molecular formula is C54H50. The summed E-state index contributed by atoms with van der Waals surface area (Å²) >= 11 is 0. The average molecular weight is 699 g/mol. The lowest BCUT2D eigenvalue weighted by Gasteiger charge is -2.39. The van der Waals surface area contributed by atoms with Gasteiger partial charge in [-0.1, -0.05) is 178 Å². The van der Waals surface area contributed by atoms with E-state index in [4.69, 9.17) is 0 Å². The third kappa shape index (κ3) is 5.65. The van der Waals surface area contributed by atoms with Gasteiger partial charge in [0, 0.05) is 17.8 Å². The standard InChI is InChI=1S/C54H50/c1-54(2)50-21-13-12-18-44(50)45-31-30-43(35-51(45)54)53-47-20-11-5-10-19-46(47)52(40-25-22-38(23-26-40)36-14-6-3-7-15-36)48-32-28-39(29-33-49(48)53)42-27-24-37-16-8-4-9-17-41(37)34-42/h3,5-7,9-10,12-15,17-28,30-32,34-35,39,44,49-50,53H,4,8,11,16,29,33H2,1-2H3. The minimum atomic E-state index is 0.0859. The molecule has 0 aliphatic heterocycles. The van der Waals surface area contributed by atoms with E-state index < -0.39 is 0 Å². The van der Waals surface area contributed by atoms with Crippen LogP contribution in [0.2, 0.25) is 0 Å². The Kier molecular flexibility index (Phi) is 8.39. The zero-order valence-electron chi connectivity index (χ0n) is 31.7. The molecule has 0 nitrogen and oxygen atoms in total. The lowest BCUT2D eigenvalue weighted by Crippen LogP contribution is -2.26. The van der Waals surface area contributed by atoms with Crippen molar-refractivity contribution in [1.82, 2.24) is 0 Å². The fraction of sp³-hybridized carbons (Fsp3) is 0.259. The first kappa shape index (κ1) is 33.4. The minimum Gasteiger partial charge on any atom is -0.0839 e. The second-order valence-corrected chi connectivity index (χ2v) is 16.9. The Balaban J connectivity index is 1.13. The lowest BCUT2D eigenvalue weighted by atomic mass is 9.64. The van der Waals surface area contributed by atoms with Crippen molar-refractivity contribution in [2.45, 2.75) is 75.5 Å². The predicted octanol–water partition coefficient (Wildman–Crippen LogP) is 13.9. The first-order valence-corrected chi connectivity index (χ1v) is 20.5. The van der Waals surface area contributed by atoms with Crippen molar-refractivity contribution in [3.63, 3.8) is 0 Å². The van der Waals surface area contributed by atoms with Crippen LogP contribution in [-0.2, 0) is 11.8 Å². The van der Waals surface area contributed by atoms with Crippen molar-refractivity contribution in [2.75, 3.05) is 0 Å². The van der Waals surface area contributed by atoms with Crippen molar-refractivity contribution in [2.24, 2.45) is 11.8 Å². The highest BCUT2D eigenvalue weighted by atomic mass is 14.5. The van der Waals surface area contributed by atoms with Gasteiger partial charge < -0.3 is 0 Å². The molecule has 0 spiro atoms. The van der Waals surface area contributed by atoms with E-state index in [9.17, 15) is 0 Å². The summed E-state index contributed by atoms with van der Waals surface area (Å²) in [5, 5.41) is 0. The van der Waals surface area contributed by atoms with Gasteiger partial charge in [-0.15, -0.1) is 0 Å². The molecule has 5 atom stereocenters. The third-order valence-corrected chi connectivity index (χ3v) is 13.6. The van der Waals surface area contributed by atoms with Crippen LogP contribution in [0.25, 0.3) is 22.8 Å². The van der Waals surface area contributed by atoms with Crippen LogP contribution < -0.4 is 0 Å². The monoisotopic (exact) mass is 698 g/mol. The number of hydrogen-bond donors (Lipinski definition) is 0. The maximum atomic E-state index is 2.64. The molecule has 0 bridgehead atoms. The van der Waals surface area contributed by atoms with Crippen molar-refractivity contribution < 1.29 is 0 Å². The molecule has 0 saturated carbocycles. The second-order valence-electron chi connectivity index (χ2n) is 16.9. The molecule has 10 rings (SSSR count). The molecule has 0 aromatic heterocycles. The van der Waals surface area contributed by atoms with Crippen LogP contribution in [0.15, 0.2) is 175 Å². The molecule has 0 radical (unpaired) electrons. The first-order chi connectivity index (χ1) is 26.5. The van der Waals surface area contributed by atoms with Crippen molar-refractivity contribution >= 4 is 11.6 Å². The van der Waals surface area contributed by atoms with E-state index in [-0.39, 0.29) is 5.41 Å². The molecule has 5 unspecified atom stereocenters. The molecule has 54 heavy (non-hydrogen) atoms. The van der Waals surface area contributed by atoms with Gasteiger partial charge in [0.1, 0.15) is 0 Å². The smallest absolute Gasteiger partial charge is 0.0161 e. The van der Waals surface area contributed by atoms with Gasteiger partial charge in [0.2, 0.25) is 0 Å². The molecule has 4 aromatic carbocycles. The summed E-state index contributed by atoms with van der Waals surface area (Å²) < 4.78 is 0. The van der Waals surface area contributed by atoms with E-state index in [1.54, 1.807) is 0 Å². The molecule has 4 aromatic rings. The summed E-state index contributed by atoms with van der Waals surface area (Å²) in [5.41, 5.74) is 18.7. The van der Waals surface area contributed by atoms with Crippen LogP contribution in [0.3, 0.4) is 0 Å². The normalized spacial score (nSPS) is 26.0. The molecule has 6 aliphatic carbocycles. The van der Waals surface area contributed by atoms with Crippen molar-refractivity contribution in [3.8, 4) is 11.1 Å². The second kappa shape index (κ2) is 13.6. The van der Waals surface area contributed by atoms with Gasteiger partial charge >= 0.3 is 0 Å². The molecule has 0 amide bonds. The molecule has 0 N–H and O–H groups in total. The van der Waals surface area contributed by atoms with Crippen LogP contribution in [0.5, 0.6) is 0 Å². The van der Waals surface area contributed by atoms with Gasteiger partial charge in [0.15, 0.2) is 0 Å². The van der Waals surface area contributed by atoms with Gasteiger partial charge in [0.05, 0.1) is 0 Å². The Morgan fingerprint density at radius 1 is 0.685 bits per heavy atom. The predicted molar refractivity (Wildman–Crippen MR) is 228 cm³/mol. The SMILES string of the molecule is CC1(C)c2cc(C3C4=CCC=CC=C4C(c4ccc(-c5ccccc5)cc4)=C4C=CC(c5ccc6c(c5)C=CCCC6)CCC43)ccc2C2C=CC=CC21. The zero-order valence-corrected chi connectivity index (χ0v) is 31.7. The summed E-state index contributed by atoms with van der Waals surface area (Å²) in [7, 11) is 0. The van der Waals surface area contributed by atoms with E-state index in [2.05, 4.69) is 178 Å². The molecular weight excluding hydrogens is 649 g/mol. The van der Waals surface area contributed by atoms with E-state index >= 15 is 0 Å². The van der Waals surface area contributed by atoms with E-state index in [1.165, 1.54) is 91.6 Å². The molecule has 0 heteroatoms. The maximum Gasteiger partial charge on any atom is 0.0161 e. The molecule has 6 aliphatic rings.